The van der Waals surface area contributed by atoms with Crippen molar-refractivity contribution in [2.75, 3.05) is 31.1 Å². The Hall–Kier alpha value is -3.16. The number of hydrogen-bond donors (Lipinski definition) is 0. The number of rotatable bonds is 5. The third kappa shape index (κ3) is 4.01. The highest BCUT2D eigenvalue weighted by atomic mass is 16.5. The van der Waals surface area contributed by atoms with Crippen LogP contribution in [0.4, 0.5) is 5.82 Å². The quantitative estimate of drug-likeness (QED) is 0.661. The van der Waals surface area contributed by atoms with Crippen molar-refractivity contribution in [2.45, 2.75) is 32.8 Å². The van der Waals surface area contributed by atoms with Gasteiger partial charge in [0.05, 0.1) is 0 Å². The van der Waals surface area contributed by atoms with E-state index in [-0.39, 0.29) is 5.91 Å². The third-order valence-electron chi connectivity index (χ3n) is 5.21. The number of hydrogen-bond acceptors (Lipinski definition) is 6. The molecule has 1 aliphatic heterocycles. The molecule has 0 unspecified atom stereocenters. The van der Waals surface area contributed by atoms with Crippen LogP contribution >= 0.6 is 0 Å². The van der Waals surface area contributed by atoms with Crippen molar-refractivity contribution in [3.8, 4) is 5.75 Å². The van der Waals surface area contributed by atoms with Crippen LogP contribution in [0.3, 0.4) is 0 Å². The lowest BCUT2D eigenvalue weighted by Crippen LogP contribution is -2.52. The minimum Gasteiger partial charge on any atom is -0.481 e. The summed E-state index contributed by atoms with van der Waals surface area (Å²) in [5.74, 6) is 2.54. The van der Waals surface area contributed by atoms with E-state index in [9.17, 15) is 4.79 Å². The monoisotopic (exact) mass is 394 g/mol. The number of para-hydroxylation sites is 1. The van der Waals surface area contributed by atoms with Gasteiger partial charge in [0, 0.05) is 37.9 Å². The minimum absolute atomic E-state index is 0.0113. The van der Waals surface area contributed by atoms with Gasteiger partial charge in [0.25, 0.3) is 11.7 Å². The van der Waals surface area contributed by atoms with E-state index in [1.165, 1.54) is 0 Å². The Kier molecular flexibility index (Phi) is 5.33. The molecule has 1 saturated heterocycles. The Bertz CT molecular complexity index is 979. The molecule has 1 atom stereocenters. The lowest BCUT2D eigenvalue weighted by atomic mass is 10.1. The van der Waals surface area contributed by atoms with Gasteiger partial charge in [-0.05, 0) is 25.0 Å². The lowest BCUT2D eigenvalue weighted by molar-refractivity contribution is -0.138. The largest absolute Gasteiger partial charge is 0.481 e. The van der Waals surface area contributed by atoms with Gasteiger partial charge in [0.2, 0.25) is 0 Å². The summed E-state index contributed by atoms with van der Waals surface area (Å²) >= 11 is 0. The molecule has 0 N–H and O–H groups in total. The van der Waals surface area contributed by atoms with Gasteiger partial charge in [-0.1, -0.05) is 32.0 Å². The molecule has 0 spiro atoms. The first-order valence-corrected chi connectivity index (χ1v) is 9.99. The molecule has 3 aromatic rings. The van der Waals surface area contributed by atoms with Gasteiger partial charge in [-0.25, -0.2) is 0 Å². The Morgan fingerprint density at radius 1 is 1.07 bits per heavy atom. The standard InChI is InChI=1S/C21H26N6O2/c1-15(2)18-13-19(23-21-24-22-14-27(18)21)25-9-11-26(12-10-25)20(28)16(3)29-17-7-5-4-6-8-17/h4-8,13-16H,9-12H2,1-3H3/t16-/m1/s1. The van der Waals surface area contributed by atoms with E-state index in [0.717, 1.165) is 24.6 Å². The number of anilines is 1. The molecule has 1 aliphatic rings. The first kappa shape index (κ1) is 19.2. The van der Waals surface area contributed by atoms with Crippen molar-refractivity contribution in [3.05, 3.63) is 48.4 Å². The maximum atomic E-state index is 12.8. The molecule has 0 bridgehead atoms. The average molecular weight is 394 g/mol. The number of carbonyl (C=O) groups is 1. The molecule has 1 fully saturated rings. The second kappa shape index (κ2) is 8.06. The fourth-order valence-electron chi connectivity index (χ4n) is 3.60. The van der Waals surface area contributed by atoms with Crippen LogP contribution in [-0.2, 0) is 4.79 Å². The molecule has 4 rings (SSSR count). The van der Waals surface area contributed by atoms with Gasteiger partial charge in [-0.2, -0.15) is 4.98 Å². The van der Waals surface area contributed by atoms with Crippen LogP contribution in [-0.4, -0.2) is 62.7 Å². The lowest BCUT2D eigenvalue weighted by Gasteiger charge is -2.36. The fraction of sp³-hybridized carbons (Fsp3) is 0.429. The summed E-state index contributed by atoms with van der Waals surface area (Å²) < 4.78 is 7.71. The Balaban J connectivity index is 1.41. The van der Waals surface area contributed by atoms with E-state index in [0.29, 0.717) is 30.5 Å². The molecule has 8 nitrogen and oxygen atoms in total. The summed E-state index contributed by atoms with van der Waals surface area (Å²) in [6.45, 7) is 8.80. The number of nitrogens with zero attached hydrogens (tertiary/aromatic N) is 6. The molecule has 3 heterocycles. The first-order valence-electron chi connectivity index (χ1n) is 9.99. The number of amides is 1. The van der Waals surface area contributed by atoms with E-state index in [4.69, 9.17) is 4.74 Å². The first-order chi connectivity index (χ1) is 14.0. The molecule has 29 heavy (non-hydrogen) atoms. The van der Waals surface area contributed by atoms with Crippen LogP contribution in [0.5, 0.6) is 5.75 Å². The zero-order valence-corrected chi connectivity index (χ0v) is 17.0. The van der Waals surface area contributed by atoms with Crippen LogP contribution in [0.25, 0.3) is 5.78 Å². The second-order valence-electron chi connectivity index (χ2n) is 7.58. The summed E-state index contributed by atoms with van der Waals surface area (Å²) in [7, 11) is 0. The summed E-state index contributed by atoms with van der Waals surface area (Å²) in [4.78, 5) is 21.5. The van der Waals surface area contributed by atoms with Crippen molar-refractivity contribution in [2.24, 2.45) is 0 Å². The molecule has 0 saturated carbocycles. The molecular formula is C21H26N6O2. The van der Waals surface area contributed by atoms with E-state index < -0.39 is 6.10 Å². The molecule has 1 amide bonds. The fourth-order valence-corrected chi connectivity index (χ4v) is 3.60. The highest BCUT2D eigenvalue weighted by Gasteiger charge is 2.27. The van der Waals surface area contributed by atoms with Crippen molar-refractivity contribution in [1.29, 1.82) is 0 Å². The van der Waals surface area contributed by atoms with Crippen molar-refractivity contribution in [3.63, 3.8) is 0 Å². The summed E-state index contributed by atoms with van der Waals surface area (Å²) in [5, 5.41) is 8.10. The molecule has 0 radical (unpaired) electrons. The number of aromatic nitrogens is 4. The second-order valence-corrected chi connectivity index (χ2v) is 7.58. The summed E-state index contributed by atoms with van der Waals surface area (Å²) in [6.07, 6.45) is 1.19. The Labute approximate surface area is 170 Å². The number of carbonyl (C=O) groups excluding carboxylic acids is 1. The van der Waals surface area contributed by atoms with Gasteiger partial charge < -0.3 is 14.5 Å². The van der Waals surface area contributed by atoms with Gasteiger partial charge in [-0.3, -0.25) is 9.20 Å². The SMILES string of the molecule is CC(C)c1cc(N2CCN(C(=O)[C@@H](C)Oc3ccccc3)CC2)nc2nncn12. The summed E-state index contributed by atoms with van der Waals surface area (Å²) in [5.41, 5.74) is 1.12. The average Bonchev–Trinajstić information content (AvgIpc) is 3.22. The number of fused-ring (bicyclic) bond motifs is 1. The number of piperazine rings is 1. The van der Waals surface area contributed by atoms with Crippen molar-refractivity contribution < 1.29 is 9.53 Å². The predicted octanol–water partition coefficient (Wildman–Crippen LogP) is 2.36. The maximum absolute atomic E-state index is 12.8. The van der Waals surface area contributed by atoms with Gasteiger partial charge in [0.1, 0.15) is 17.9 Å². The molecular weight excluding hydrogens is 368 g/mol. The number of benzene rings is 1. The van der Waals surface area contributed by atoms with Crippen LogP contribution in [0.2, 0.25) is 0 Å². The number of ether oxygens (including phenoxy) is 1. The van der Waals surface area contributed by atoms with Crippen LogP contribution in [0.1, 0.15) is 32.4 Å². The van der Waals surface area contributed by atoms with E-state index in [1.54, 1.807) is 13.3 Å². The van der Waals surface area contributed by atoms with E-state index >= 15 is 0 Å². The molecule has 8 heteroatoms. The minimum atomic E-state index is -0.512. The third-order valence-corrected chi connectivity index (χ3v) is 5.21. The maximum Gasteiger partial charge on any atom is 0.263 e. The molecule has 1 aromatic carbocycles. The highest BCUT2D eigenvalue weighted by molar-refractivity contribution is 5.81. The zero-order valence-electron chi connectivity index (χ0n) is 17.0. The zero-order chi connectivity index (χ0) is 20.4. The topological polar surface area (TPSA) is 75.9 Å². The van der Waals surface area contributed by atoms with Gasteiger partial charge in [-0.15, -0.1) is 10.2 Å². The highest BCUT2D eigenvalue weighted by Crippen LogP contribution is 2.22. The Morgan fingerprint density at radius 2 is 1.79 bits per heavy atom. The Morgan fingerprint density at radius 3 is 2.48 bits per heavy atom. The van der Waals surface area contributed by atoms with Crippen LogP contribution in [0.15, 0.2) is 42.7 Å². The summed E-state index contributed by atoms with van der Waals surface area (Å²) in [6, 6.07) is 11.5. The molecule has 2 aromatic heterocycles. The van der Waals surface area contributed by atoms with Crippen molar-refractivity contribution in [1.82, 2.24) is 24.5 Å². The normalized spacial score (nSPS) is 15.7. The van der Waals surface area contributed by atoms with Crippen LogP contribution in [0, 0.1) is 0 Å². The van der Waals surface area contributed by atoms with Gasteiger partial charge >= 0.3 is 0 Å². The van der Waals surface area contributed by atoms with Gasteiger partial charge in [0.15, 0.2) is 6.10 Å². The predicted molar refractivity (Wildman–Crippen MR) is 110 cm³/mol. The van der Waals surface area contributed by atoms with Crippen LogP contribution < -0.4 is 9.64 Å². The van der Waals surface area contributed by atoms with E-state index in [2.05, 4.69) is 40.0 Å². The smallest absolute Gasteiger partial charge is 0.263 e. The van der Waals surface area contributed by atoms with Crippen molar-refractivity contribution >= 4 is 17.5 Å². The molecule has 152 valence electrons. The van der Waals surface area contributed by atoms with E-state index in [1.807, 2.05) is 39.6 Å². The molecule has 0 aliphatic carbocycles.